The molecule has 2 rings (SSSR count). The molecule has 4 heteroatoms. The molecule has 0 aromatic heterocycles. The first-order chi connectivity index (χ1) is 7.72. The van der Waals surface area contributed by atoms with Gasteiger partial charge in [0, 0.05) is 6.54 Å². The van der Waals surface area contributed by atoms with E-state index in [1.807, 2.05) is 31.2 Å². The van der Waals surface area contributed by atoms with Gasteiger partial charge in [0.2, 0.25) is 0 Å². The zero-order chi connectivity index (χ0) is 11.5. The van der Waals surface area contributed by atoms with Gasteiger partial charge in [0.25, 0.3) is 5.91 Å². The topological polar surface area (TPSA) is 53.3 Å². The lowest BCUT2D eigenvalue weighted by molar-refractivity contribution is -0.121. The van der Waals surface area contributed by atoms with Crippen LogP contribution in [0, 0.1) is 18.3 Å². The minimum absolute atomic E-state index is 0.0570. The standard InChI is InChI=1S/C12H12N2O2/c1-9-3-4-11-10(7-9)14(6-2-5-13)12(15)8-16-11/h3-4,7H,2,6,8H2,1H3. The highest BCUT2D eigenvalue weighted by Gasteiger charge is 2.24. The monoisotopic (exact) mass is 216 g/mol. The number of hydrogen-bond donors (Lipinski definition) is 0. The summed E-state index contributed by atoms with van der Waals surface area (Å²) in [6, 6.07) is 7.75. The third-order valence-corrected chi connectivity index (χ3v) is 2.50. The maximum atomic E-state index is 11.7. The molecule has 0 atom stereocenters. The maximum Gasteiger partial charge on any atom is 0.265 e. The van der Waals surface area contributed by atoms with Crippen molar-refractivity contribution in [2.75, 3.05) is 18.1 Å². The number of nitrogens with zero attached hydrogens (tertiary/aromatic N) is 2. The molecule has 1 aliphatic rings. The molecule has 0 N–H and O–H groups in total. The Bertz CT molecular complexity index is 463. The van der Waals surface area contributed by atoms with E-state index in [0.29, 0.717) is 18.7 Å². The first-order valence-corrected chi connectivity index (χ1v) is 5.13. The minimum Gasteiger partial charge on any atom is -0.482 e. The Hall–Kier alpha value is -2.02. The molecule has 0 fully saturated rings. The number of aryl methyl sites for hydroxylation is 1. The van der Waals surface area contributed by atoms with Crippen molar-refractivity contribution in [3.05, 3.63) is 23.8 Å². The van der Waals surface area contributed by atoms with Gasteiger partial charge in [-0.1, -0.05) is 6.07 Å². The van der Waals surface area contributed by atoms with E-state index in [9.17, 15) is 4.79 Å². The third kappa shape index (κ3) is 1.84. The SMILES string of the molecule is Cc1ccc2c(c1)N(CCC#N)C(=O)CO2. The second kappa shape index (κ2) is 4.23. The van der Waals surface area contributed by atoms with Gasteiger partial charge in [0.05, 0.1) is 18.2 Å². The summed E-state index contributed by atoms with van der Waals surface area (Å²) in [4.78, 5) is 13.3. The van der Waals surface area contributed by atoms with E-state index in [-0.39, 0.29) is 12.5 Å². The summed E-state index contributed by atoms with van der Waals surface area (Å²) in [5.74, 6) is 0.622. The van der Waals surface area contributed by atoms with Crippen molar-refractivity contribution in [3.63, 3.8) is 0 Å². The summed E-state index contributed by atoms with van der Waals surface area (Å²) in [5, 5.41) is 8.57. The van der Waals surface area contributed by atoms with Gasteiger partial charge in [-0.3, -0.25) is 4.79 Å². The van der Waals surface area contributed by atoms with Gasteiger partial charge >= 0.3 is 0 Å². The normalized spacial score (nSPS) is 14.0. The second-order valence-electron chi connectivity index (χ2n) is 3.71. The van der Waals surface area contributed by atoms with Crippen LogP contribution in [-0.2, 0) is 4.79 Å². The van der Waals surface area contributed by atoms with Crippen LogP contribution in [0.4, 0.5) is 5.69 Å². The predicted molar refractivity (Wildman–Crippen MR) is 59.3 cm³/mol. The maximum absolute atomic E-state index is 11.7. The number of fused-ring (bicyclic) bond motifs is 1. The van der Waals surface area contributed by atoms with Crippen molar-refractivity contribution in [1.29, 1.82) is 5.26 Å². The average Bonchev–Trinajstić information content (AvgIpc) is 2.28. The number of nitriles is 1. The van der Waals surface area contributed by atoms with Crippen LogP contribution in [0.15, 0.2) is 18.2 Å². The number of ether oxygens (including phenoxy) is 1. The van der Waals surface area contributed by atoms with Crippen LogP contribution in [0.25, 0.3) is 0 Å². The molecule has 0 saturated carbocycles. The van der Waals surface area contributed by atoms with E-state index in [2.05, 4.69) is 0 Å². The van der Waals surface area contributed by atoms with E-state index < -0.39 is 0 Å². The number of rotatable bonds is 2. The van der Waals surface area contributed by atoms with E-state index in [1.54, 1.807) is 4.90 Å². The third-order valence-electron chi connectivity index (χ3n) is 2.50. The van der Waals surface area contributed by atoms with Crippen molar-refractivity contribution in [2.24, 2.45) is 0 Å². The Morgan fingerprint density at radius 2 is 2.38 bits per heavy atom. The van der Waals surface area contributed by atoms with Gasteiger partial charge in [0.15, 0.2) is 6.61 Å². The lowest BCUT2D eigenvalue weighted by Gasteiger charge is -2.29. The Morgan fingerprint density at radius 1 is 1.56 bits per heavy atom. The Balaban J connectivity index is 2.35. The second-order valence-corrected chi connectivity index (χ2v) is 3.71. The summed E-state index contributed by atoms with van der Waals surface area (Å²) >= 11 is 0. The van der Waals surface area contributed by atoms with Gasteiger partial charge in [-0.2, -0.15) is 5.26 Å². The van der Waals surface area contributed by atoms with E-state index >= 15 is 0 Å². The van der Waals surface area contributed by atoms with Crippen molar-refractivity contribution < 1.29 is 9.53 Å². The Labute approximate surface area is 94.0 Å². The van der Waals surface area contributed by atoms with Crippen LogP contribution in [0.1, 0.15) is 12.0 Å². The lowest BCUT2D eigenvalue weighted by atomic mass is 10.1. The summed E-state index contributed by atoms with van der Waals surface area (Å²) in [6.07, 6.45) is 0.332. The summed E-state index contributed by atoms with van der Waals surface area (Å²) in [5.41, 5.74) is 1.84. The van der Waals surface area contributed by atoms with Crippen molar-refractivity contribution in [2.45, 2.75) is 13.3 Å². The average molecular weight is 216 g/mol. The minimum atomic E-state index is -0.0895. The van der Waals surface area contributed by atoms with Crippen LogP contribution < -0.4 is 9.64 Å². The molecule has 0 radical (unpaired) electrons. The highest BCUT2D eigenvalue weighted by Crippen LogP contribution is 2.32. The zero-order valence-corrected chi connectivity index (χ0v) is 9.06. The number of carbonyl (C=O) groups is 1. The fourth-order valence-corrected chi connectivity index (χ4v) is 1.72. The summed E-state index contributed by atoms with van der Waals surface area (Å²) in [6.45, 7) is 2.44. The molecule has 0 spiro atoms. The van der Waals surface area contributed by atoms with E-state index in [0.717, 1.165) is 11.3 Å². The number of carbonyl (C=O) groups excluding carboxylic acids is 1. The highest BCUT2D eigenvalue weighted by atomic mass is 16.5. The molecule has 1 aliphatic heterocycles. The highest BCUT2D eigenvalue weighted by molar-refractivity contribution is 5.97. The quantitative estimate of drug-likeness (QED) is 0.755. The molecule has 1 amide bonds. The van der Waals surface area contributed by atoms with Crippen LogP contribution in [0.5, 0.6) is 5.75 Å². The molecule has 0 unspecified atom stereocenters. The molecule has 0 bridgehead atoms. The van der Waals surface area contributed by atoms with Gasteiger partial charge in [-0.15, -0.1) is 0 Å². The molecule has 82 valence electrons. The van der Waals surface area contributed by atoms with Gasteiger partial charge in [0.1, 0.15) is 5.75 Å². The van der Waals surface area contributed by atoms with E-state index in [4.69, 9.17) is 10.00 Å². The predicted octanol–water partition coefficient (Wildman–Crippen LogP) is 1.63. The molecule has 1 aromatic rings. The molecule has 1 aromatic carbocycles. The molecular formula is C12H12N2O2. The summed E-state index contributed by atoms with van der Waals surface area (Å²) in [7, 11) is 0. The smallest absolute Gasteiger partial charge is 0.265 e. The van der Waals surface area contributed by atoms with Crippen molar-refractivity contribution >= 4 is 11.6 Å². The molecule has 0 aliphatic carbocycles. The summed E-state index contributed by atoms with van der Waals surface area (Å²) < 4.78 is 5.33. The van der Waals surface area contributed by atoms with Gasteiger partial charge < -0.3 is 9.64 Å². The van der Waals surface area contributed by atoms with Crippen LogP contribution in [0.2, 0.25) is 0 Å². The number of anilines is 1. The fraction of sp³-hybridized carbons (Fsp3) is 0.333. The van der Waals surface area contributed by atoms with Crippen LogP contribution >= 0.6 is 0 Å². The zero-order valence-electron chi connectivity index (χ0n) is 9.06. The van der Waals surface area contributed by atoms with Crippen LogP contribution in [-0.4, -0.2) is 19.1 Å². The Morgan fingerprint density at radius 3 is 3.12 bits per heavy atom. The number of benzene rings is 1. The van der Waals surface area contributed by atoms with E-state index in [1.165, 1.54) is 0 Å². The molecule has 1 heterocycles. The van der Waals surface area contributed by atoms with Crippen molar-refractivity contribution in [3.8, 4) is 11.8 Å². The largest absolute Gasteiger partial charge is 0.482 e. The first kappa shape index (κ1) is 10.5. The van der Waals surface area contributed by atoms with Crippen molar-refractivity contribution in [1.82, 2.24) is 0 Å². The van der Waals surface area contributed by atoms with Gasteiger partial charge in [-0.25, -0.2) is 0 Å². The first-order valence-electron chi connectivity index (χ1n) is 5.13. The number of hydrogen-bond acceptors (Lipinski definition) is 3. The van der Waals surface area contributed by atoms with Gasteiger partial charge in [-0.05, 0) is 24.6 Å². The van der Waals surface area contributed by atoms with Crippen LogP contribution in [0.3, 0.4) is 0 Å². The Kier molecular flexibility index (Phi) is 2.78. The molecule has 16 heavy (non-hydrogen) atoms. The lowest BCUT2D eigenvalue weighted by Crippen LogP contribution is -2.39. The molecule has 0 saturated heterocycles. The number of amides is 1. The molecular weight excluding hydrogens is 204 g/mol. The fourth-order valence-electron chi connectivity index (χ4n) is 1.72. The molecule has 4 nitrogen and oxygen atoms in total.